The molecule has 0 aromatic heterocycles. The van der Waals surface area contributed by atoms with Crippen molar-refractivity contribution in [1.29, 1.82) is 0 Å². The van der Waals surface area contributed by atoms with Crippen LogP contribution in [0.25, 0.3) is 0 Å². The summed E-state index contributed by atoms with van der Waals surface area (Å²) in [5.41, 5.74) is 4.57. The molecule has 0 aliphatic heterocycles. The molecule has 0 bridgehead atoms. The van der Waals surface area contributed by atoms with Gasteiger partial charge in [-0.05, 0) is 31.2 Å². The lowest BCUT2D eigenvalue weighted by Crippen LogP contribution is -2.26. The van der Waals surface area contributed by atoms with Gasteiger partial charge >= 0.3 is 0 Å². The molecule has 8 heteroatoms. The molecule has 1 amide bonds. The van der Waals surface area contributed by atoms with Gasteiger partial charge in [-0.2, -0.15) is 5.10 Å². The second-order valence-electron chi connectivity index (χ2n) is 5.70. The zero-order valence-electron chi connectivity index (χ0n) is 16.7. The van der Waals surface area contributed by atoms with Gasteiger partial charge in [0.15, 0.2) is 11.5 Å². The maximum Gasteiger partial charge on any atom is 0.259 e. The highest BCUT2D eigenvalue weighted by Crippen LogP contribution is 2.38. The average molecular weight is 387 g/mol. The first-order valence-corrected chi connectivity index (χ1v) is 8.54. The molecule has 0 unspecified atom stereocenters. The van der Waals surface area contributed by atoms with E-state index in [9.17, 15) is 4.79 Å². The minimum Gasteiger partial charge on any atom is -0.495 e. The molecule has 8 nitrogen and oxygen atoms in total. The summed E-state index contributed by atoms with van der Waals surface area (Å²) in [4.78, 5) is 12.1. The molecule has 0 saturated heterocycles. The third kappa shape index (κ3) is 5.06. The van der Waals surface area contributed by atoms with Gasteiger partial charge in [-0.3, -0.25) is 4.79 Å². The Bertz CT molecular complexity index is 826. The van der Waals surface area contributed by atoms with Gasteiger partial charge in [0.05, 0.1) is 46.4 Å². The fourth-order valence-corrected chi connectivity index (χ4v) is 2.51. The number of hydrazone groups is 1. The van der Waals surface area contributed by atoms with Crippen LogP contribution in [0.1, 0.15) is 12.5 Å². The van der Waals surface area contributed by atoms with Crippen LogP contribution >= 0.6 is 0 Å². The Morgan fingerprint density at radius 1 is 0.929 bits per heavy atom. The molecule has 2 aromatic rings. The van der Waals surface area contributed by atoms with Gasteiger partial charge in [0.25, 0.3) is 5.91 Å². The Labute approximate surface area is 164 Å². The second-order valence-corrected chi connectivity index (χ2v) is 5.70. The Balaban J connectivity index is 2.06. The van der Waals surface area contributed by atoms with E-state index in [1.165, 1.54) is 7.11 Å². The lowest BCUT2D eigenvalue weighted by Gasteiger charge is -2.14. The minimum atomic E-state index is -0.294. The number of ether oxygens (including phenoxy) is 4. The summed E-state index contributed by atoms with van der Waals surface area (Å²) >= 11 is 0. The predicted molar refractivity (Wildman–Crippen MR) is 108 cm³/mol. The summed E-state index contributed by atoms with van der Waals surface area (Å²) in [5, 5.41) is 7.17. The molecule has 0 heterocycles. The summed E-state index contributed by atoms with van der Waals surface area (Å²) in [5.74, 6) is 1.88. The number of benzene rings is 2. The van der Waals surface area contributed by atoms with Gasteiger partial charge in [-0.1, -0.05) is 12.1 Å². The van der Waals surface area contributed by atoms with Crippen molar-refractivity contribution in [3.8, 4) is 23.0 Å². The molecule has 0 aliphatic carbocycles. The first kappa shape index (κ1) is 20.9. The van der Waals surface area contributed by atoms with Crippen molar-refractivity contribution in [2.45, 2.75) is 6.92 Å². The molecule has 0 saturated carbocycles. The largest absolute Gasteiger partial charge is 0.495 e. The van der Waals surface area contributed by atoms with Crippen molar-refractivity contribution >= 4 is 17.3 Å². The number of para-hydroxylation sites is 2. The number of anilines is 1. The standard InChI is InChI=1S/C20H25N3O5/c1-13(14-10-17(26-3)20(28-5)18(11-14)27-4)22-23-19(24)12-21-15-8-6-7-9-16(15)25-2/h6-11,21H,12H2,1-5H3,(H,23,24)/b22-13+. The number of nitrogens with one attached hydrogen (secondary N) is 2. The summed E-state index contributed by atoms with van der Waals surface area (Å²) < 4.78 is 21.2. The van der Waals surface area contributed by atoms with E-state index in [-0.39, 0.29) is 12.5 Å². The Hall–Kier alpha value is -3.42. The quantitative estimate of drug-likeness (QED) is 0.508. The molecule has 2 rings (SSSR count). The van der Waals surface area contributed by atoms with Gasteiger partial charge in [0, 0.05) is 5.56 Å². The lowest BCUT2D eigenvalue weighted by molar-refractivity contribution is -0.119. The number of carbonyl (C=O) groups is 1. The molecule has 28 heavy (non-hydrogen) atoms. The monoisotopic (exact) mass is 387 g/mol. The smallest absolute Gasteiger partial charge is 0.259 e. The van der Waals surface area contributed by atoms with E-state index in [2.05, 4.69) is 15.8 Å². The van der Waals surface area contributed by atoms with Crippen molar-refractivity contribution in [1.82, 2.24) is 5.43 Å². The molecule has 150 valence electrons. The molecule has 2 N–H and O–H groups in total. The minimum absolute atomic E-state index is 0.0480. The number of hydrogen-bond donors (Lipinski definition) is 2. The van der Waals surface area contributed by atoms with E-state index in [0.29, 0.717) is 28.7 Å². The van der Waals surface area contributed by atoms with Crippen molar-refractivity contribution in [3.05, 3.63) is 42.0 Å². The zero-order valence-corrected chi connectivity index (χ0v) is 16.7. The van der Waals surface area contributed by atoms with E-state index in [0.717, 1.165) is 11.3 Å². The molecule has 0 spiro atoms. The molecular weight excluding hydrogens is 362 g/mol. The Morgan fingerprint density at radius 3 is 2.11 bits per heavy atom. The van der Waals surface area contributed by atoms with E-state index in [1.807, 2.05) is 24.3 Å². The van der Waals surface area contributed by atoms with Crippen molar-refractivity contribution < 1.29 is 23.7 Å². The van der Waals surface area contributed by atoms with Crippen LogP contribution in [0.5, 0.6) is 23.0 Å². The number of methoxy groups -OCH3 is 4. The average Bonchev–Trinajstić information content (AvgIpc) is 2.74. The zero-order chi connectivity index (χ0) is 20.5. The van der Waals surface area contributed by atoms with Crippen LogP contribution in [0.3, 0.4) is 0 Å². The van der Waals surface area contributed by atoms with Crippen molar-refractivity contribution in [2.75, 3.05) is 40.3 Å². The molecule has 0 fully saturated rings. The second kappa shape index (κ2) is 10.1. The van der Waals surface area contributed by atoms with E-state index >= 15 is 0 Å². The normalized spacial score (nSPS) is 10.8. The Morgan fingerprint density at radius 2 is 1.54 bits per heavy atom. The highest BCUT2D eigenvalue weighted by molar-refractivity contribution is 6.00. The van der Waals surface area contributed by atoms with E-state index in [1.54, 1.807) is 40.4 Å². The number of carbonyl (C=O) groups excluding carboxylic acids is 1. The van der Waals surface area contributed by atoms with Crippen LogP contribution in [0.2, 0.25) is 0 Å². The highest BCUT2D eigenvalue weighted by Gasteiger charge is 2.14. The van der Waals surface area contributed by atoms with Gasteiger partial charge < -0.3 is 24.3 Å². The van der Waals surface area contributed by atoms with Crippen molar-refractivity contribution in [2.24, 2.45) is 5.10 Å². The molecule has 0 aliphatic rings. The van der Waals surface area contributed by atoms with Crippen molar-refractivity contribution in [3.63, 3.8) is 0 Å². The van der Waals surface area contributed by atoms with Crippen LogP contribution in [0, 0.1) is 0 Å². The van der Waals surface area contributed by atoms with Gasteiger partial charge in [0.1, 0.15) is 5.75 Å². The molecule has 0 radical (unpaired) electrons. The molecular formula is C20H25N3O5. The number of rotatable bonds is 9. The summed E-state index contributed by atoms with van der Waals surface area (Å²) in [6.07, 6.45) is 0. The summed E-state index contributed by atoms with van der Waals surface area (Å²) in [7, 11) is 6.19. The predicted octanol–water partition coefficient (Wildman–Crippen LogP) is 2.67. The topological polar surface area (TPSA) is 90.4 Å². The summed E-state index contributed by atoms with van der Waals surface area (Å²) in [6.45, 7) is 1.82. The first-order chi connectivity index (χ1) is 13.5. The molecule has 0 atom stereocenters. The van der Waals surface area contributed by atoms with Gasteiger partial charge in [-0.15, -0.1) is 0 Å². The first-order valence-electron chi connectivity index (χ1n) is 8.54. The maximum absolute atomic E-state index is 12.1. The van der Waals surface area contributed by atoms with Crippen LogP contribution in [-0.4, -0.2) is 46.6 Å². The number of amides is 1. The fraction of sp³-hybridized carbons (Fsp3) is 0.300. The number of hydrogen-bond acceptors (Lipinski definition) is 7. The van der Waals surface area contributed by atoms with E-state index in [4.69, 9.17) is 18.9 Å². The third-order valence-corrected chi connectivity index (χ3v) is 3.98. The fourth-order valence-electron chi connectivity index (χ4n) is 2.51. The highest BCUT2D eigenvalue weighted by atomic mass is 16.5. The van der Waals surface area contributed by atoms with E-state index < -0.39 is 0 Å². The van der Waals surface area contributed by atoms with Crippen LogP contribution in [0.4, 0.5) is 5.69 Å². The SMILES string of the molecule is COc1ccccc1NCC(=O)N/N=C(\C)c1cc(OC)c(OC)c(OC)c1. The number of nitrogens with zero attached hydrogens (tertiary/aromatic N) is 1. The maximum atomic E-state index is 12.1. The Kier molecular flexibility index (Phi) is 7.50. The molecule has 2 aromatic carbocycles. The van der Waals surface area contributed by atoms with Crippen LogP contribution in [0.15, 0.2) is 41.5 Å². The van der Waals surface area contributed by atoms with Crippen LogP contribution < -0.4 is 29.7 Å². The van der Waals surface area contributed by atoms with Gasteiger partial charge in [0.2, 0.25) is 5.75 Å². The van der Waals surface area contributed by atoms with Crippen LogP contribution in [-0.2, 0) is 4.79 Å². The lowest BCUT2D eigenvalue weighted by atomic mass is 10.1. The van der Waals surface area contributed by atoms with Gasteiger partial charge in [-0.25, -0.2) is 5.43 Å². The third-order valence-electron chi connectivity index (χ3n) is 3.98. The summed E-state index contributed by atoms with van der Waals surface area (Å²) in [6, 6.07) is 10.9.